The topological polar surface area (TPSA) is 50.1 Å². The molecule has 108 valence electrons. The average Bonchev–Trinajstić information content (AvgIpc) is 2.44. The Morgan fingerprint density at radius 3 is 2.53 bits per heavy atom. The van der Waals surface area contributed by atoms with Gasteiger partial charge in [-0.3, -0.25) is 0 Å². The standard InChI is InChI=1S/C15H26ClN3/c1-18-15(3-2-10-17)9-12-19-11-8-13-4-6-14(16)7-5-13/h4-7,15,18-19H,2-3,8-12,17H2,1H3. The van der Waals surface area contributed by atoms with Crippen molar-refractivity contribution in [3.05, 3.63) is 34.9 Å². The molecule has 1 aromatic rings. The van der Waals surface area contributed by atoms with Crippen LogP contribution in [0.15, 0.2) is 24.3 Å². The Morgan fingerprint density at radius 1 is 1.16 bits per heavy atom. The predicted molar refractivity (Wildman–Crippen MR) is 83.8 cm³/mol. The van der Waals surface area contributed by atoms with Crippen molar-refractivity contribution in [3.8, 4) is 0 Å². The molecule has 0 spiro atoms. The molecule has 0 saturated carbocycles. The molecule has 1 rings (SSSR count). The summed E-state index contributed by atoms with van der Waals surface area (Å²) in [6, 6.07) is 8.64. The van der Waals surface area contributed by atoms with E-state index in [1.807, 2.05) is 19.2 Å². The van der Waals surface area contributed by atoms with Gasteiger partial charge in [0, 0.05) is 11.1 Å². The summed E-state index contributed by atoms with van der Waals surface area (Å²) in [7, 11) is 2.02. The summed E-state index contributed by atoms with van der Waals surface area (Å²) in [5.74, 6) is 0. The summed E-state index contributed by atoms with van der Waals surface area (Å²) in [6.45, 7) is 2.83. The van der Waals surface area contributed by atoms with Crippen LogP contribution in [-0.4, -0.2) is 32.7 Å². The van der Waals surface area contributed by atoms with Crippen molar-refractivity contribution in [2.75, 3.05) is 26.7 Å². The quantitative estimate of drug-likeness (QED) is 0.577. The van der Waals surface area contributed by atoms with Crippen molar-refractivity contribution in [2.45, 2.75) is 31.7 Å². The van der Waals surface area contributed by atoms with Gasteiger partial charge >= 0.3 is 0 Å². The van der Waals surface area contributed by atoms with Gasteiger partial charge in [-0.15, -0.1) is 0 Å². The van der Waals surface area contributed by atoms with Crippen LogP contribution >= 0.6 is 11.6 Å². The Labute approximate surface area is 121 Å². The van der Waals surface area contributed by atoms with Gasteiger partial charge in [0.1, 0.15) is 0 Å². The zero-order valence-corrected chi connectivity index (χ0v) is 12.5. The zero-order chi connectivity index (χ0) is 13.9. The van der Waals surface area contributed by atoms with Gasteiger partial charge in [0.2, 0.25) is 0 Å². The molecule has 0 radical (unpaired) electrons. The maximum atomic E-state index is 5.86. The highest BCUT2D eigenvalue weighted by Crippen LogP contribution is 2.09. The lowest BCUT2D eigenvalue weighted by Crippen LogP contribution is -2.31. The number of nitrogens with one attached hydrogen (secondary N) is 2. The summed E-state index contributed by atoms with van der Waals surface area (Å²) < 4.78 is 0. The van der Waals surface area contributed by atoms with Gasteiger partial charge in [-0.1, -0.05) is 23.7 Å². The highest BCUT2D eigenvalue weighted by Gasteiger charge is 2.04. The highest BCUT2D eigenvalue weighted by atomic mass is 35.5. The molecule has 1 unspecified atom stereocenters. The van der Waals surface area contributed by atoms with Gasteiger partial charge in [-0.2, -0.15) is 0 Å². The molecule has 0 fully saturated rings. The molecule has 0 aliphatic heterocycles. The number of rotatable bonds is 10. The molecule has 0 amide bonds. The van der Waals surface area contributed by atoms with E-state index in [4.69, 9.17) is 17.3 Å². The van der Waals surface area contributed by atoms with E-state index in [-0.39, 0.29) is 0 Å². The molecule has 4 N–H and O–H groups in total. The fourth-order valence-corrected chi connectivity index (χ4v) is 2.21. The van der Waals surface area contributed by atoms with Gasteiger partial charge in [-0.25, -0.2) is 0 Å². The fraction of sp³-hybridized carbons (Fsp3) is 0.600. The van der Waals surface area contributed by atoms with Crippen molar-refractivity contribution in [2.24, 2.45) is 5.73 Å². The summed E-state index contributed by atoms with van der Waals surface area (Å²) in [6.07, 6.45) is 4.45. The second kappa shape index (κ2) is 10.2. The summed E-state index contributed by atoms with van der Waals surface area (Å²) >= 11 is 5.86. The van der Waals surface area contributed by atoms with Crippen LogP contribution in [0.2, 0.25) is 5.02 Å². The molecule has 1 atom stereocenters. The van der Waals surface area contributed by atoms with Crippen LogP contribution in [0.5, 0.6) is 0 Å². The summed E-state index contributed by atoms with van der Waals surface area (Å²) in [5, 5.41) is 7.63. The van der Waals surface area contributed by atoms with E-state index in [1.54, 1.807) is 0 Å². The first-order chi connectivity index (χ1) is 9.26. The minimum Gasteiger partial charge on any atom is -0.330 e. The first kappa shape index (κ1) is 16.4. The molecule has 4 heteroatoms. The molecule has 0 aromatic heterocycles. The summed E-state index contributed by atoms with van der Waals surface area (Å²) in [5.41, 5.74) is 6.85. The molecule has 3 nitrogen and oxygen atoms in total. The average molecular weight is 284 g/mol. The predicted octanol–water partition coefficient (Wildman–Crippen LogP) is 2.19. The van der Waals surface area contributed by atoms with E-state index in [2.05, 4.69) is 22.8 Å². The normalized spacial score (nSPS) is 12.6. The van der Waals surface area contributed by atoms with Crippen LogP contribution in [0.3, 0.4) is 0 Å². The Morgan fingerprint density at radius 2 is 1.89 bits per heavy atom. The largest absolute Gasteiger partial charge is 0.330 e. The van der Waals surface area contributed by atoms with Gasteiger partial charge < -0.3 is 16.4 Å². The third kappa shape index (κ3) is 7.53. The van der Waals surface area contributed by atoms with Crippen LogP contribution < -0.4 is 16.4 Å². The lowest BCUT2D eigenvalue weighted by molar-refractivity contribution is 0.461. The number of hydrogen-bond donors (Lipinski definition) is 3. The number of benzene rings is 1. The van der Waals surface area contributed by atoms with Crippen molar-refractivity contribution in [1.82, 2.24) is 10.6 Å². The summed E-state index contributed by atoms with van der Waals surface area (Å²) in [4.78, 5) is 0. The molecule has 0 aliphatic carbocycles. The van der Waals surface area contributed by atoms with Gasteiger partial charge in [0.25, 0.3) is 0 Å². The molecule has 0 heterocycles. The number of halogens is 1. The SMILES string of the molecule is CNC(CCCN)CCNCCc1ccc(Cl)cc1. The Bertz CT molecular complexity index is 327. The van der Waals surface area contributed by atoms with Crippen LogP contribution in [-0.2, 0) is 6.42 Å². The van der Waals surface area contributed by atoms with E-state index in [9.17, 15) is 0 Å². The molecular formula is C15H26ClN3. The second-order valence-electron chi connectivity index (χ2n) is 4.83. The molecule has 1 aromatic carbocycles. The minimum atomic E-state index is 0.576. The van der Waals surface area contributed by atoms with Crippen molar-refractivity contribution >= 4 is 11.6 Å². The fourth-order valence-electron chi connectivity index (χ4n) is 2.08. The van der Waals surface area contributed by atoms with E-state index in [0.717, 1.165) is 50.3 Å². The maximum absolute atomic E-state index is 5.86. The highest BCUT2D eigenvalue weighted by molar-refractivity contribution is 6.30. The molecule has 0 bridgehead atoms. The maximum Gasteiger partial charge on any atom is 0.0406 e. The smallest absolute Gasteiger partial charge is 0.0406 e. The lowest BCUT2D eigenvalue weighted by Gasteiger charge is -2.15. The van der Waals surface area contributed by atoms with E-state index in [1.165, 1.54) is 5.56 Å². The molecule has 0 aliphatic rings. The van der Waals surface area contributed by atoms with Gasteiger partial charge in [0.05, 0.1) is 0 Å². The molecule has 0 saturated heterocycles. The zero-order valence-electron chi connectivity index (χ0n) is 11.8. The minimum absolute atomic E-state index is 0.576. The van der Waals surface area contributed by atoms with Gasteiger partial charge in [0.15, 0.2) is 0 Å². The van der Waals surface area contributed by atoms with Crippen LogP contribution in [0, 0.1) is 0 Å². The van der Waals surface area contributed by atoms with E-state index in [0.29, 0.717) is 6.04 Å². The van der Waals surface area contributed by atoms with Crippen molar-refractivity contribution < 1.29 is 0 Å². The monoisotopic (exact) mass is 283 g/mol. The third-order valence-corrected chi connectivity index (χ3v) is 3.59. The molecular weight excluding hydrogens is 258 g/mol. The van der Waals surface area contributed by atoms with Crippen LogP contribution in [0.1, 0.15) is 24.8 Å². The first-order valence-corrected chi connectivity index (χ1v) is 7.46. The first-order valence-electron chi connectivity index (χ1n) is 7.08. The number of nitrogens with two attached hydrogens (primary N) is 1. The second-order valence-corrected chi connectivity index (χ2v) is 5.27. The Hall–Kier alpha value is -0.610. The van der Waals surface area contributed by atoms with Crippen molar-refractivity contribution in [3.63, 3.8) is 0 Å². The van der Waals surface area contributed by atoms with E-state index >= 15 is 0 Å². The van der Waals surface area contributed by atoms with Crippen LogP contribution in [0.4, 0.5) is 0 Å². The van der Waals surface area contributed by atoms with Gasteiger partial charge in [-0.05, 0) is 70.1 Å². The van der Waals surface area contributed by atoms with E-state index < -0.39 is 0 Å². The third-order valence-electron chi connectivity index (χ3n) is 3.34. The molecule has 19 heavy (non-hydrogen) atoms. The Balaban J connectivity index is 2.08. The lowest BCUT2D eigenvalue weighted by atomic mass is 10.1. The number of hydrogen-bond acceptors (Lipinski definition) is 3. The Kier molecular flexibility index (Phi) is 8.84. The van der Waals surface area contributed by atoms with Crippen molar-refractivity contribution in [1.29, 1.82) is 0 Å². The van der Waals surface area contributed by atoms with Crippen LogP contribution in [0.25, 0.3) is 0 Å².